The zero-order valence-corrected chi connectivity index (χ0v) is 45.2. The topological polar surface area (TPSA) is 61.8 Å². The van der Waals surface area contributed by atoms with E-state index in [9.17, 15) is 9.59 Å². The highest BCUT2D eigenvalue weighted by Crippen LogP contribution is 2.17. The number of allylic oxidation sites excluding steroid dienone is 2. The van der Waals surface area contributed by atoms with E-state index in [1.54, 1.807) is 0 Å². The van der Waals surface area contributed by atoms with Gasteiger partial charge in [-0.3, -0.25) is 9.59 Å². The molecule has 0 aliphatic rings. The summed E-state index contributed by atoms with van der Waals surface area (Å²) in [5.41, 5.74) is 0. The number of carbonyl (C=O) groups excluding carboxylic acids is 2. The third-order valence-electron chi connectivity index (χ3n) is 13.8. The fourth-order valence-electron chi connectivity index (χ4n) is 9.27. The van der Waals surface area contributed by atoms with Crippen LogP contribution in [-0.2, 0) is 23.8 Å². The maximum atomic E-state index is 12.8. The van der Waals surface area contributed by atoms with Crippen LogP contribution in [0.4, 0.5) is 0 Å². The van der Waals surface area contributed by atoms with E-state index in [1.165, 1.54) is 276 Å². The van der Waals surface area contributed by atoms with Crippen molar-refractivity contribution in [3.05, 3.63) is 12.2 Å². The monoisotopic (exact) mass is 931 g/mol. The molecule has 0 aromatic carbocycles. The third kappa shape index (κ3) is 55.2. The highest BCUT2D eigenvalue weighted by Gasteiger charge is 2.18. The normalized spacial score (nSPS) is 12.1. The highest BCUT2D eigenvalue weighted by molar-refractivity contribution is 5.70. The number of ether oxygens (including phenoxy) is 3. The lowest BCUT2D eigenvalue weighted by Crippen LogP contribution is -2.30. The van der Waals surface area contributed by atoms with Crippen LogP contribution in [-0.4, -0.2) is 37.9 Å². The number of unbranched alkanes of at least 4 members (excludes halogenated alkanes) is 44. The summed E-state index contributed by atoms with van der Waals surface area (Å²) in [5.74, 6) is -0.375. The molecule has 0 heterocycles. The van der Waals surface area contributed by atoms with E-state index in [-0.39, 0.29) is 18.5 Å². The minimum Gasteiger partial charge on any atom is -0.462 e. The molecule has 0 saturated carbocycles. The Labute approximate surface area is 414 Å². The van der Waals surface area contributed by atoms with Gasteiger partial charge in [-0.15, -0.1) is 0 Å². The van der Waals surface area contributed by atoms with Gasteiger partial charge < -0.3 is 14.2 Å². The van der Waals surface area contributed by atoms with Crippen LogP contribution in [0.1, 0.15) is 342 Å². The standard InChI is InChI=1S/C61H118O5/c1-4-7-10-13-16-19-22-25-27-29-30-31-33-35-38-41-44-47-50-53-56-64-57-59(66-61(63)55-52-49-46-43-40-36-24-21-18-15-12-9-6-3)58-65-60(62)54-51-48-45-42-39-37-34-32-28-26-23-20-17-14-11-8-5-2/h26,28,59H,4-25,27,29-58H2,1-3H3/b28-26-. The van der Waals surface area contributed by atoms with E-state index in [4.69, 9.17) is 14.2 Å². The van der Waals surface area contributed by atoms with Gasteiger partial charge in [-0.05, 0) is 44.9 Å². The molecule has 0 saturated heterocycles. The van der Waals surface area contributed by atoms with E-state index in [0.717, 1.165) is 32.1 Å². The second-order valence-corrected chi connectivity index (χ2v) is 20.6. The van der Waals surface area contributed by atoms with Crippen molar-refractivity contribution in [3.8, 4) is 0 Å². The molecule has 0 amide bonds. The van der Waals surface area contributed by atoms with Crippen molar-refractivity contribution in [2.24, 2.45) is 0 Å². The minimum absolute atomic E-state index is 0.0931. The zero-order chi connectivity index (χ0) is 47.7. The summed E-state index contributed by atoms with van der Waals surface area (Å²) in [4.78, 5) is 25.5. The molecule has 5 nitrogen and oxygen atoms in total. The van der Waals surface area contributed by atoms with Gasteiger partial charge in [0.2, 0.25) is 0 Å². The Morgan fingerprint density at radius 2 is 0.591 bits per heavy atom. The summed E-state index contributed by atoms with van der Waals surface area (Å²) in [6.07, 6.45) is 68.1. The average molecular weight is 932 g/mol. The van der Waals surface area contributed by atoms with Crippen LogP contribution < -0.4 is 0 Å². The first kappa shape index (κ1) is 64.6. The molecule has 66 heavy (non-hydrogen) atoms. The lowest BCUT2D eigenvalue weighted by Gasteiger charge is -2.18. The molecule has 1 atom stereocenters. The first-order valence-corrected chi connectivity index (χ1v) is 30.2. The van der Waals surface area contributed by atoms with Gasteiger partial charge in [0.05, 0.1) is 6.61 Å². The Bertz CT molecular complexity index is 963. The van der Waals surface area contributed by atoms with E-state index in [0.29, 0.717) is 26.1 Å². The van der Waals surface area contributed by atoms with Crippen LogP contribution in [0.15, 0.2) is 12.2 Å². The van der Waals surface area contributed by atoms with Gasteiger partial charge in [0.1, 0.15) is 6.61 Å². The van der Waals surface area contributed by atoms with E-state index in [2.05, 4.69) is 32.9 Å². The SMILES string of the molecule is CCCCCCCC/C=C\CCCCCCCCCC(=O)OCC(COCCCCCCCCCCCCCCCCCCCCCC)OC(=O)CCCCCCCCCCCCCCC. The molecule has 1 unspecified atom stereocenters. The van der Waals surface area contributed by atoms with Crippen LogP contribution in [0.2, 0.25) is 0 Å². The van der Waals surface area contributed by atoms with Crippen LogP contribution in [0.3, 0.4) is 0 Å². The fourth-order valence-corrected chi connectivity index (χ4v) is 9.27. The quantitative estimate of drug-likeness (QED) is 0.0345. The Balaban J connectivity index is 4.17. The predicted molar refractivity (Wildman–Crippen MR) is 289 cm³/mol. The van der Waals surface area contributed by atoms with E-state index in [1.807, 2.05) is 0 Å². The molecule has 0 rings (SSSR count). The third-order valence-corrected chi connectivity index (χ3v) is 13.8. The van der Waals surface area contributed by atoms with Crippen molar-refractivity contribution in [1.29, 1.82) is 0 Å². The molecule has 392 valence electrons. The number of hydrogen-bond donors (Lipinski definition) is 0. The molecule has 0 N–H and O–H groups in total. The molecule has 0 aromatic heterocycles. The van der Waals surface area contributed by atoms with Crippen LogP contribution in [0.5, 0.6) is 0 Å². The van der Waals surface area contributed by atoms with Gasteiger partial charge in [-0.1, -0.05) is 296 Å². The first-order valence-electron chi connectivity index (χ1n) is 30.2. The van der Waals surface area contributed by atoms with Crippen molar-refractivity contribution >= 4 is 11.9 Å². The second kappa shape index (κ2) is 58.0. The van der Waals surface area contributed by atoms with E-state index >= 15 is 0 Å². The molecule has 0 aromatic rings. The largest absolute Gasteiger partial charge is 0.462 e. The molecule has 5 heteroatoms. The number of esters is 2. The van der Waals surface area contributed by atoms with Gasteiger partial charge in [0, 0.05) is 19.4 Å². The number of rotatable bonds is 57. The lowest BCUT2D eigenvalue weighted by molar-refractivity contribution is -0.163. The lowest BCUT2D eigenvalue weighted by atomic mass is 10.0. The highest BCUT2D eigenvalue weighted by atomic mass is 16.6. The number of carbonyl (C=O) groups is 2. The van der Waals surface area contributed by atoms with Crippen LogP contribution >= 0.6 is 0 Å². The van der Waals surface area contributed by atoms with Gasteiger partial charge >= 0.3 is 11.9 Å². The Morgan fingerprint density at radius 3 is 0.924 bits per heavy atom. The smallest absolute Gasteiger partial charge is 0.306 e. The summed E-state index contributed by atoms with van der Waals surface area (Å²) in [6, 6.07) is 0. The summed E-state index contributed by atoms with van der Waals surface area (Å²) in [5, 5.41) is 0. The Kier molecular flexibility index (Phi) is 56.8. The molecule has 0 spiro atoms. The van der Waals surface area contributed by atoms with Crippen molar-refractivity contribution in [2.75, 3.05) is 19.8 Å². The molecule has 0 bridgehead atoms. The second-order valence-electron chi connectivity index (χ2n) is 20.6. The molecule has 0 fully saturated rings. The van der Waals surface area contributed by atoms with Crippen molar-refractivity contribution in [1.82, 2.24) is 0 Å². The number of hydrogen-bond acceptors (Lipinski definition) is 5. The summed E-state index contributed by atoms with van der Waals surface area (Å²) < 4.78 is 17.5. The summed E-state index contributed by atoms with van der Waals surface area (Å²) in [7, 11) is 0. The van der Waals surface area contributed by atoms with Gasteiger partial charge in [0.25, 0.3) is 0 Å². The minimum atomic E-state index is -0.529. The van der Waals surface area contributed by atoms with Crippen molar-refractivity contribution < 1.29 is 23.8 Å². The molecule has 0 aliphatic carbocycles. The van der Waals surface area contributed by atoms with Crippen molar-refractivity contribution in [3.63, 3.8) is 0 Å². The summed E-state index contributed by atoms with van der Waals surface area (Å²) in [6.45, 7) is 7.91. The van der Waals surface area contributed by atoms with Crippen LogP contribution in [0, 0.1) is 0 Å². The van der Waals surface area contributed by atoms with Crippen molar-refractivity contribution in [2.45, 2.75) is 348 Å². The van der Waals surface area contributed by atoms with Crippen LogP contribution in [0.25, 0.3) is 0 Å². The van der Waals surface area contributed by atoms with Gasteiger partial charge in [-0.2, -0.15) is 0 Å². The average Bonchev–Trinajstić information content (AvgIpc) is 3.32. The van der Waals surface area contributed by atoms with Gasteiger partial charge in [0.15, 0.2) is 6.10 Å². The maximum Gasteiger partial charge on any atom is 0.306 e. The van der Waals surface area contributed by atoms with Gasteiger partial charge in [-0.25, -0.2) is 0 Å². The zero-order valence-electron chi connectivity index (χ0n) is 45.2. The molecular weight excluding hydrogens is 813 g/mol. The molecular formula is C61H118O5. The maximum absolute atomic E-state index is 12.8. The Hall–Kier alpha value is -1.36. The fraction of sp³-hybridized carbons (Fsp3) is 0.934. The Morgan fingerprint density at radius 1 is 0.318 bits per heavy atom. The molecule has 0 aliphatic heterocycles. The van der Waals surface area contributed by atoms with E-state index < -0.39 is 6.10 Å². The molecule has 0 radical (unpaired) electrons. The first-order chi connectivity index (χ1) is 32.6. The summed E-state index contributed by atoms with van der Waals surface area (Å²) >= 11 is 0. The predicted octanol–water partition coefficient (Wildman–Crippen LogP) is 20.6.